The predicted molar refractivity (Wildman–Crippen MR) is 120 cm³/mol. The van der Waals surface area contributed by atoms with Gasteiger partial charge in [-0.1, -0.05) is 63.3 Å². The largest absolute Gasteiger partial charge is 0.444 e. The lowest BCUT2D eigenvalue weighted by Crippen LogP contribution is -2.41. The monoisotopic (exact) mass is 417 g/mol. The third kappa shape index (κ3) is 8.10. The van der Waals surface area contributed by atoms with Crippen molar-refractivity contribution in [2.75, 3.05) is 6.54 Å². The van der Waals surface area contributed by atoms with Crippen LogP contribution >= 0.6 is 0 Å². The Kier molecular flexibility index (Phi) is 9.35. The zero-order valence-corrected chi connectivity index (χ0v) is 19.2. The molecule has 5 heteroatoms. The van der Waals surface area contributed by atoms with Crippen LogP contribution < -0.4 is 0 Å². The van der Waals surface area contributed by atoms with Gasteiger partial charge in [0.2, 0.25) is 0 Å². The smallest absolute Gasteiger partial charge is 0.410 e. The van der Waals surface area contributed by atoms with E-state index in [4.69, 9.17) is 4.74 Å². The highest BCUT2D eigenvalue weighted by Gasteiger charge is 2.37. The van der Waals surface area contributed by atoms with E-state index >= 15 is 0 Å². The van der Waals surface area contributed by atoms with Gasteiger partial charge in [0.25, 0.3) is 0 Å². The van der Waals surface area contributed by atoms with Crippen LogP contribution in [-0.4, -0.2) is 46.2 Å². The van der Waals surface area contributed by atoms with Crippen molar-refractivity contribution in [2.24, 2.45) is 0 Å². The Morgan fingerprint density at radius 2 is 1.70 bits per heavy atom. The maximum atomic E-state index is 12.8. The van der Waals surface area contributed by atoms with E-state index in [0.717, 1.165) is 6.42 Å². The average molecular weight is 418 g/mol. The van der Waals surface area contributed by atoms with E-state index in [-0.39, 0.29) is 24.8 Å². The number of ketones is 1. The molecule has 1 saturated heterocycles. The number of aliphatic hydroxyl groups is 1. The van der Waals surface area contributed by atoms with Crippen molar-refractivity contribution < 1.29 is 19.4 Å². The van der Waals surface area contributed by atoms with Gasteiger partial charge in [0, 0.05) is 18.0 Å². The number of benzene rings is 1. The second-order valence-corrected chi connectivity index (χ2v) is 9.52. The van der Waals surface area contributed by atoms with Crippen LogP contribution in [-0.2, 0) is 11.2 Å². The molecule has 0 radical (unpaired) electrons. The van der Waals surface area contributed by atoms with Crippen molar-refractivity contribution in [3.05, 3.63) is 35.4 Å². The average Bonchev–Trinajstić information content (AvgIpc) is 3.04. The molecule has 2 rings (SSSR count). The standard InChI is InChI=1S/C25H39NO4/c1-5-6-7-8-9-10-11-19-12-14-20(15-13-19)23(28)17-21-16-22(27)18-26(21)24(29)30-25(2,3)4/h12-15,21-22,27H,5-11,16-18H2,1-4H3/t21-,22+/m0/s1. The van der Waals surface area contributed by atoms with Crippen molar-refractivity contribution in [3.63, 3.8) is 0 Å². The lowest BCUT2D eigenvalue weighted by molar-refractivity contribution is 0.0205. The summed E-state index contributed by atoms with van der Waals surface area (Å²) >= 11 is 0. The molecule has 1 heterocycles. The van der Waals surface area contributed by atoms with Crippen LogP contribution in [0, 0.1) is 0 Å². The van der Waals surface area contributed by atoms with Crippen molar-refractivity contribution >= 4 is 11.9 Å². The first-order valence-electron chi connectivity index (χ1n) is 11.5. The maximum absolute atomic E-state index is 12.8. The Morgan fingerprint density at radius 1 is 1.07 bits per heavy atom. The Morgan fingerprint density at radius 3 is 2.33 bits per heavy atom. The second-order valence-electron chi connectivity index (χ2n) is 9.52. The Balaban J connectivity index is 1.86. The molecule has 0 aliphatic carbocycles. The number of unbranched alkanes of at least 4 members (excludes halogenated alkanes) is 5. The van der Waals surface area contributed by atoms with Crippen LogP contribution in [0.3, 0.4) is 0 Å². The Bertz CT molecular complexity index is 677. The number of likely N-dealkylation sites (tertiary alicyclic amines) is 1. The lowest BCUT2D eigenvalue weighted by atomic mass is 9.99. The third-order valence-corrected chi connectivity index (χ3v) is 5.54. The fourth-order valence-electron chi connectivity index (χ4n) is 3.93. The summed E-state index contributed by atoms with van der Waals surface area (Å²) in [5, 5.41) is 10.0. The normalized spacial score (nSPS) is 19.2. The van der Waals surface area contributed by atoms with Gasteiger partial charge in [0.15, 0.2) is 5.78 Å². The van der Waals surface area contributed by atoms with Gasteiger partial charge >= 0.3 is 6.09 Å². The first-order valence-corrected chi connectivity index (χ1v) is 11.5. The zero-order chi connectivity index (χ0) is 22.1. The minimum atomic E-state index is -0.616. The van der Waals surface area contributed by atoms with Crippen molar-refractivity contribution in [1.82, 2.24) is 4.90 Å². The molecule has 1 aliphatic rings. The first kappa shape index (κ1) is 24.4. The van der Waals surface area contributed by atoms with Crippen LogP contribution in [0.25, 0.3) is 0 Å². The Hall–Kier alpha value is -1.88. The van der Waals surface area contributed by atoms with Gasteiger partial charge in [-0.25, -0.2) is 4.79 Å². The number of aryl methyl sites for hydroxylation is 1. The molecule has 1 aliphatic heterocycles. The number of carbonyl (C=O) groups excluding carboxylic acids is 2. The van der Waals surface area contributed by atoms with Gasteiger partial charge in [-0.05, 0) is 45.6 Å². The molecule has 30 heavy (non-hydrogen) atoms. The van der Waals surface area contributed by atoms with E-state index in [9.17, 15) is 14.7 Å². The fourth-order valence-corrected chi connectivity index (χ4v) is 3.93. The molecule has 0 bridgehead atoms. The van der Waals surface area contributed by atoms with Gasteiger partial charge in [-0.2, -0.15) is 0 Å². The molecule has 1 amide bonds. The summed E-state index contributed by atoms with van der Waals surface area (Å²) in [6.07, 6.45) is 8.21. The fraction of sp³-hybridized carbons (Fsp3) is 0.680. The summed E-state index contributed by atoms with van der Waals surface area (Å²) in [5.41, 5.74) is 1.31. The summed E-state index contributed by atoms with van der Waals surface area (Å²) in [7, 11) is 0. The summed E-state index contributed by atoms with van der Waals surface area (Å²) in [6.45, 7) is 7.87. The lowest BCUT2D eigenvalue weighted by Gasteiger charge is -2.28. The Labute approximate surface area is 181 Å². The number of Topliss-reactive ketones (excluding diaryl/α,β-unsaturated/α-hetero) is 1. The van der Waals surface area contributed by atoms with Crippen LogP contribution in [0.4, 0.5) is 4.79 Å². The number of hydrogen-bond donors (Lipinski definition) is 1. The first-order chi connectivity index (χ1) is 14.2. The van der Waals surface area contributed by atoms with Gasteiger partial charge in [0.1, 0.15) is 5.60 Å². The summed E-state index contributed by atoms with van der Waals surface area (Å²) < 4.78 is 5.44. The van der Waals surface area contributed by atoms with Crippen LogP contribution in [0.15, 0.2) is 24.3 Å². The summed E-state index contributed by atoms with van der Waals surface area (Å²) in [4.78, 5) is 26.7. The molecule has 0 aromatic heterocycles. The highest BCUT2D eigenvalue weighted by atomic mass is 16.6. The number of hydrogen-bond acceptors (Lipinski definition) is 4. The van der Waals surface area contributed by atoms with E-state index in [1.54, 1.807) is 0 Å². The molecule has 0 saturated carbocycles. The number of carbonyl (C=O) groups is 2. The predicted octanol–water partition coefficient (Wildman–Crippen LogP) is 5.53. The topological polar surface area (TPSA) is 66.8 Å². The zero-order valence-electron chi connectivity index (χ0n) is 19.2. The van der Waals surface area contributed by atoms with E-state index in [2.05, 4.69) is 6.92 Å². The quantitative estimate of drug-likeness (QED) is 0.401. The number of aliphatic hydroxyl groups excluding tert-OH is 1. The van der Waals surface area contributed by atoms with Gasteiger partial charge in [-0.3, -0.25) is 4.79 Å². The van der Waals surface area contributed by atoms with Crippen molar-refractivity contribution in [3.8, 4) is 0 Å². The molecular formula is C25H39NO4. The molecular weight excluding hydrogens is 378 g/mol. The SMILES string of the molecule is CCCCCCCCc1ccc(C(=O)C[C@@H]2C[C@@H](O)CN2C(=O)OC(C)(C)C)cc1. The molecule has 1 aromatic carbocycles. The van der Waals surface area contributed by atoms with Crippen molar-refractivity contribution in [2.45, 2.75) is 103 Å². The number of ether oxygens (including phenoxy) is 1. The summed E-state index contributed by atoms with van der Waals surface area (Å²) in [6, 6.07) is 7.52. The number of rotatable bonds is 10. The molecule has 1 fully saturated rings. The molecule has 0 unspecified atom stereocenters. The number of nitrogens with zero attached hydrogens (tertiary/aromatic N) is 1. The van der Waals surface area contributed by atoms with Crippen LogP contribution in [0.2, 0.25) is 0 Å². The third-order valence-electron chi connectivity index (χ3n) is 5.54. The van der Waals surface area contributed by atoms with Gasteiger partial charge < -0.3 is 14.7 Å². The minimum Gasteiger partial charge on any atom is -0.444 e. The summed E-state index contributed by atoms with van der Waals surface area (Å²) in [5.74, 6) is -0.00576. The molecule has 0 spiro atoms. The second kappa shape index (κ2) is 11.5. The number of β-amino-alcohol motifs (C(OH)–C–C–N with tert-alkyl or cyclic N) is 1. The van der Waals surface area contributed by atoms with E-state index < -0.39 is 17.8 Å². The molecule has 2 atom stereocenters. The highest BCUT2D eigenvalue weighted by Crippen LogP contribution is 2.25. The van der Waals surface area contributed by atoms with Crippen LogP contribution in [0.1, 0.15) is 95.0 Å². The molecule has 1 N–H and O–H groups in total. The molecule has 1 aromatic rings. The van der Waals surface area contributed by atoms with Crippen LogP contribution in [0.5, 0.6) is 0 Å². The minimum absolute atomic E-state index is 0.00576. The van der Waals surface area contributed by atoms with Gasteiger partial charge in [0.05, 0.1) is 12.6 Å². The highest BCUT2D eigenvalue weighted by molar-refractivity contribution is 5.96. The van der Waals surface area contributed by atoms with E-state index in [1.165, 1.54) is 49.0 Å². The number of amides is 1. The van der Waals surface area contributed by atoms with Gasteiger partial charge in [-0.15, -0.1) is 0 Å². The van der Waals surface area contributed by atoms with E-state index in [1.807, 2.05) is 45.0 Å². The molecule has 5 nitrogen and oxygen atoms in total. The molecule has 168 valence electrons. The van der Waals surface area contributed by atoms with Crippen molar-refractivity contribution in [1.29, 1.82) is 0 Å². The maximum Gasteiger partial charge on any atom is 0.410 e. The van der Waals surface area contributed by atoms with E-state index in [0.29, 0.717) is 12.0 Å².